The van der Waals surface area contributed by atoms with E-state index in [9.17, 15) is 0 Å². The molecule has 1 aromatic rings. The summed E-state index contributed by atoms with van der Waals surface area (Å²) in [4.78, 5) is 10.9. The first kappa shape index (κ1) is 12.1. The van der Waals surface area contributed by atoms with Gasteiger partial charge < -0.3 is 15.0 Å². The van der Waals surface area contributed by atoms with Crippen LogP contribution in [-0.2, 0) is 0 Å². The Morgan fingerprint density at radius 3 is 3.05 bits per heavy atom. The Balaban J connectivity index is 1.62. The van der Waals surface area contributed by atoms with Crippen LogP contribution in [0.15, 0.2) is 12.4 Å². The molecule has 2 saturated carbocycles. The summed E-state index contributed by atoms with van der Waals surface area (Å²) in [6, 6.07) is 1.92. The second kappa shape index (κ2) is 4.17. The number of rotatable bonds is 2. The van der Waals surface area contributed by atoms with Crippen LogP contribution in [0.3, 0.4) is 0 Å². The lowest BCUT2D eigenvalue weighted by molar-refractivity contribution is 0.0321. The summed E-state index contributed by atoms with van der Waals surface area (Å²) in [6.45, 7) is 2.12. The second-order valence-corrected chi connectivity index (χ2v) is 6.38. The molecule has 3 fully saturated rings. The van der Waals surface area contributed by atoms with Gasteiger partial charge in [0, 0.05) is 36.2 Å². The van der Waals surface area contributed by atoms with E-state index in [2.05, 4.69) is 14.9 Å². The molecule has 0 aromatic carbocycles. The number of hydrogen-bond acceptors (Lipinski definition) is 5. The third-order valence-electron chi connectivity index (χ3n) is 5.67. The molecule has 106 valence electrons. The van der Waals surface area contributed by atoms with Crippen LogP contribution in [0.4, 0.5) is 5.82 Å². The monoisotopic (exact) mass is 272 g/mol. The van der Waals surface area contributed by atoms with Crippen LogP contribution < -0.4 is 9.64 Å². The number of aromatic nitrogens is 2. The van der Waals surface area contributed by atoms with Gasteiger partial charge in [0.15, 0.2) is 0 Å². The van der Waals surface area contributed by atoms with Gasteiger partial charge in [-0.15, -0.1) is 0 Å². The molecule has 20 heavy (non-hydrogen) atoms. The van der Waals surface area contributed by atoms with Gasteiger partial charge in [-0.2, -0.15) is 0 Å². The van der Waals surface area contributed by atoms with Gasteiger partial charge in [0.05, 0.1) is 7.11 Å². The van der Waals surface area contributed by atoms with Crippen LogP contribution in [0.2, 0.25) is 0 Å². The normalized spacial score (nSPS) is 35.2. The molecule has 1 saturated heterocycles. The summed E-state index contributed by atoms with van der Waals surface area (Å²) in [5.41, 5.74) is 1.36. The predicted octanol–water partition coefficient (Wildman–Crippen LogP) is 2.13. The number of nitrogens with zero attached hydrogens (tertiary/aromatic N) is 3. The van der Waals surface area contributed by atoms with Crippen LogP contribution in [0.1, 0.15) is 25.7 Å². The minimum Gasteiger partial charge on any atom is -0.481 e. The first-order valence-electron chi connectivity index (χ1n) is 7.41. The quantitative estimate of drug-likeness (QED) is 0.896. The summed E-state index contributed by atoms with van der Waals surface area (Å²) in [5, 5.41) is 8.19. The highest BCUT2D eigenvalue weighted by atomic mass is 16.5. The number of ether oxygens (including phenoxy) is 1. The molecule has 5 nitrogen and oxygen atoms in total. The predicted molar refractivity (Wildman–Crippen MR) is 76.4 cm³/mol. The molecule has 1 N–H and O–H groups in total. The van der Waals surface area contributed by atoms with Gasteiger partial charge in [-0.25, -0.2) is 9.97 Å². The van der Waals surface area contributed by atoms with Gasteiger partial charge in [-0.05, 0) is 31.6 Å². The zero-order valence-electron chi connectivity index (χ0n) is 11.8. The Labute approximate surface area is 118 Å². The molecule has 3 atom stereocenters. The number of hydrogen-bond donors (Lipinski definition) is 1. The standard InChI is InChI=1S/C15H20N4O/c1-20-14-6-13(17-9-18-14)19-7-10-2-3-12(16)11-4-5-15(10,11)8-19/h6,9-11,16H,2-5,7-8H2,1H3/t10-,11-,15?/m0/s1. The lowest BCUT2D eigenvalue weighted by Gasteiger charge is -2.54. The maximum atomic E-state index is 8.19. The van der Waals surface area contributed by atoms with Crippen molar-refractivity contribution < 1.29 is 4.74 Å². The zero-order chi connectivity index (χ0) is 13.7. The van der Waals surface area contributed by atoms with Crippen molar-refractivity contribution in [2.24, 2.45) is 17.3 Å². The summed E-state index contributed by atoms with van der Waals surface area (Å²) in [5.74, 6) is 2.87. The van der Waals surface area contributed by atoms with E-state index >= 15 is 0 Å². The maximum absolute atomic E-state index is 8.19. The molecular weight excluding hydrogens is 252 g/mol. The van der Waals surface area contributed by atoms with Crippen molar-refractivity contribution in [1.29, 1.82) is 5.41 Å². The van der Waals surface area contributed by atoms with Gasteiger partial charge in [0.1, 0.15) is 12.1 Å². The van der Waals surface area contributed by atoms with E-state index in [1.165, 1.54) is 19.3 Å². The highest BCUT2D eigenvalue weighted by molar-refractivity contribution is 5.87. The summed E-state index contributed by atoms with van der Waals surface area (Å²) < 4.78 is 5.20. The molecule has 0 radical (unpaired) electrons. The third-order valence-corrected chi connectivity index (χ3v) is 5.67. The minimum atomic E-state index is 0.369. The molecule has 2 heterocycles. The first-order valence-corrected chi connectivity index (χ1v) is 7.41. The molecule has 1 spiro atoms. The van der Waals surface area contributed by atoms with E-state index in [1.807, 2.05) is 6.07 Å². The third kappa shape index (κ3) is 1.52. The Morgan fingerprint density at radius 2 is 2.30 bits per heavy atom. The van der Waals surface area contributed by atoms with Crippen LogP contribution in [0.5, 0.6) is 5.88 Å². The average Bonchev–Trinajstić information content (AvgIpc) is 2.85. The van der Waals surface area contributed by atoms with E-state index < -0.39 is 0 Å². The van der Waals surface area contributed by atoms with Crippen LogP contribution in [0.25, 0.3) is 0 Å². The van der Waals surface area contributed by atoms with Gasteiger partial charge in [-0.1, -0.05) is 0 Å². The van der Waals surface area contributed by atoms with Crippen molar-refractivity contribution in [2.75, 3.05) is 25.1 Å². The summed E-state index contributed by atoms with van der Waals surface area (Å²) in [6.07, 6.45) is 6.25. The molecule has 1 aliphatic heterocycles. The second-order valence-electron chi connectivity index (χ2n) is 6.38. The molecule has 3 aliphatic rings. The Hall–Kier alpha value is -1.65. The van der Waals surface area contributed by atoms with E-state index in [1.54, 1.807) is 13.4 Å². The van der Waals surface area contributed by atoms with Crippen LogP contribution >= 0.6 is 0 Å². The Kier molecular flexibility index (Phi) is 2.53. The summed E-state index contributed by atoms with van der Waals surface area (Å²) in [7, 11) is 1.64. The van der Waals surface area contributed by atoms with Crippen molar-refractivity contribution in [3.05, 3.63) is 12.4 Å². The maximum Gasteiger partial charge on any atom is 0.218 e. The van der Waals surface area contributed by atoms with Crippen molar-refractivity contribution in [2.45, 2.75) is 25.7 Å². The molecule has 0 bridgehead atoms. The van der Waals surface area contributed by atoms with E-state index in [0.29, 0.717) is 17.2 Å². The fourth-order valence-corrected chi connectivity index (χ4v) is 4.53. The molecule has 4 rings (SSSR count). The molecule has 1 unspecified atom stereocenters. The smallest absolute Gasteiger partial charge is 0.218 e. The molecular formula is C15H20N4O. The summed E-state index contributed by atoms with van der Waals surface area (Å²) >= 11 is 0. The van der Waals surface area contributed by atoms with Gasteiger partial charge >= 0.3 is 0 Å². The zero-order valence-corrected chi connectivity index (χ0v) is 11.8. The molecule has 5 heteroatoms. The van der Waals surface area contributed by atoms with E-state index in [-0.39, 0.29) is 0 Å². The Bertz CT molecular complexity index is 561. The van der Waals surface area contributed by atoms with Gasteiger partial charge in [0.25, 0.3) is 0 Å². The van der Waals surface area contributed by atoms with Crippen molar-refractivity contribution >= 4 is 11.5 Å². The minimum absolute atomic E-state index is 0.369. The van der Waals surface area contributed by atoms with Crippen LogP contribution in [-0.4, -0.2) is 35.9 Å². The lowest BCUT2D eigenvalue weighted by atomic mass is 9.50. The SMILES string of the molecule is COc1cc(N2C[C@@H]3CCC(=N)[C@@H]4CCC34C2)ncn1. The molecule has 0 amide bonds. The lowest BCUT2D eigenvalue weighted by Crippen LogP contribution is -2.53. The van der Waals surface area contributed by atoms with Crippen molar-refractivity contribution in [1.82, 2.24) is 9.97 Å². The fraction of sp³-hybridized carbons (Fsp3) is 0.667. The topological polar surface area (TPSA) is 62.1 Å². The van der Waals surface area contributed by atoms with Gasteiger partial charge in [0.2, 0.25) is 5.88 Å². The molecule has 1 aromatic heterocycles. The largest absolute Gasteiger partial charge is 0.481 e. The van der Waals surface area contributed by atoms with E-state index in [0.717, 1.165) is 37.0 Å². The highest BCUT2D eigenvalue weighted by Gasteiger charge is 2.59. The first-order chi connectivity index (χ1) is 9.73. The number of nitrogens with one attached hydrogen (secondary N) is 1. The van der Waals surface area contributed by atoms with Crippen molar-refractivity contribution in [3.63, 3.8) is 0 Å². The fourth-order valence-electron chi connectivity index (χ4n) is 4.53. The Morgan fingerprint density at radius 1 is 1.40 bits per heavy atom. The average molecular weight is 272 g/mol. The highest BCUT2D eigenvalue weighted by Crippen LogP contribution is 2.60. The van der Waals surface area contributed by atoms with E-state index in [4.69, 9.17) is 10.1 Å². The van der Waals surface area contributed by atoms with Crippen LogP contribution in [0, 0.1) is 22.7 Å². The number of methoxy groups -OCH3 is 1. The molecule has 2 aliphatic carbocycles. The van der Waals surface area contributed by atoms with Gasteiger partial charge in [-0.3, -0.25) is 0 Å². The number of anilines is 1. The van der Waals surface area contributed by atoms with Crippen molar-refractivity contribution in [3.8, 4) is 5.88 Å².